The van der Waals surface area contributed by atoms with E-state index in [9.17, 15) is 35.0 Å². The molecule has 9 heteroatoms. The summed E-state index contributed by atoms with van der Waals surface area (Å²) in [6, 6.07) is 12.9. The van der Waals surface area contributed by atoms with Crippen LogP contribution in [0.1, 0.15) is 51.5 Å². The number of hydrogen-bond donors (Lipinski definition) is 5. The average molecular weight is 533 g/mol. The van der Waals surface area contributed by atoms with Gasteiger partial charge in [-0.25, -0.2) is 0 Å². The molecule has 2 aromatic carbocycles. The number of phenols is 1. The van der Waals surface area contributed by atoms with Gasteiger partial charge in [0.2, 0.25) is 11.8 Å². The summed E-state index contributed by atoms with van der Waals surface area (Å²) in [5, 5.41) is 50.5. The molecule has 1 fully saturated rings. The van der Waals surface area contributed by atoms with Gasteiger partial charge in [0.05, 0.1) is 30.2 Å². The molecule has 5 N–H and O–H groups in total. The number of carbonyl (C=O) groups excluding carboxylic acids is 2. The molecule has 1 aliphatic heterocycles. The molecule has 1 aliphatic carbocycles. The van der Waals surface area contributed by atoms with Gasteiger partial charge in [0.1, 0.15) is 5.75 Å². The molecule has 0 unspecified atom stereocenters. The van der Waals surface area contributed by atoms with E-state index < -0.39 is 36.9 Å². The second-order valence-corrected chi connectivity index (χ2v) is 10.6. The first kappa shape index (κ1) is 28.8. The van der Waals surface area contributed by atoms with Gasteiger partial charge in [-0.3, -0.25) is 14.5 Å². The molecule has 0 saturated carbocycles. The van der Waals surface area contributed by atoms with Crippen LogP contribution in [0.4, 0.5) is 5.69 Å². The van der Waals surface area contributed by atoms with Crippen molar-refractivity contribution in [2.24, 2.45) is 17.8 Å². The highest BCUT2D eigenvalue weighted by Gasteiger charge is 2.55. The average Bonchev–Trinajstić information content (AvgIpc) is 3.17. The SMILES string of the molecule is CCCC1=C([C@H](O)CC/C(C)=C/c2ccc(O)cc2)[C@H](CO)[C@@H]2C(=O)N(c3cccc(B(O)O)c3)C(=O)[C@@H]2C1. The van der Waals surface area contributed by atoms with Gasteiger partial charge in [0, 0.05) is 5.92 Å². The first-order chi connectivity index (χ1) is 18.7. The molecule has 4 rings (SSSR count). The van der Waals surface area contributed by atoms with E-state index in [4.69, 9.17) is 0 Å². The van der Waals surface area contributed by atoms with Gasteiger partial charge in [-0.2, -0.15) is 0 Å². The van der Waals surface area contributed by atoms with Gasteiger partial charge >= 0.3 is 7.12 Å². The number of imide groups is 1. The van der Waals surface area contributed by atoms with Crippen LogP contribution in [0.3, 0.4) is 0 Å². The minimum atomic E-state index is -1.74. The Hall–Kier alpha value is -3.24. The fourth-order valence-corrected chi connectivity index (χ4v) is 6.02. The Morgan fingerprint density at radius 3 is 2.49 bits per heavy atom. The second-order valence-electron chi connectivity index (χ2n) is 10.6. The fraction of sp³-hybridized carbons (Fsp3) is 0.400. The Morgan fingerprint density at radius 1 is 1.13 bits per heavy atom. The fourth-order valence-electron chi connectivity index (χ4n) is 6.02. The topological polar surface area (TPSA) is 139 Å². The number of aromatic hydroxyl groups is 1. The van der Waals surface area contributed by atoms with Crippen LogP contribution in [-0.4, -0.2) is 57.0 Å². The van der Waals surface area contributed by atoms with E-state index >= 15 is 0 Å². The summed E-state index contributed by atoms with van der Waals surface area (Å²) < 4.78 is 0. The van der Waals surface area contributed by atoms with Crippen molar-refractivity contribution in [1.29, 1.82) is 0 Å². The van der Waals surface area contributed by atoms with Crippen LogP contribution >= 0.6 is 0 Å². The van der Waals surface area contributed by atoms with Crippen LogP contribution in [0.25, 0.3) is 6.08 Å². The smallest absolute Gasteiger partial charge is 0.488 e. The standard InChI is InChI=1S/C30H36BNO7/c1-3-5-20-15-24-28(30(37)32(29(24)36)22-7-4-6-21(16-22)31(38)39)25(17-33)27(20)26(35)13-8-18(2)14-19-9-11-23(34)12-10-19/h4,6-7,9-12,14,16,24-26,28,33-35,38-39H,3,5,8,13,15,17H2,1-2H3/b18-14+/t24-,25+,26-,28-/m1/s1. The lowest BCUT2D eigenvalue weighted by atomic mass is 9.67. The number of aliphatic hydroxyl groups excluding tert-OH is 2. The zero-order valence-electron chi connectivity index (χ0n) is 22.3. The summed E-state index contributed by atoms with van der Waals surface area (Å²) in [6.07, 6.45) is 3.89. The first-order valence-electron chi connectivity index (χ1n) is 13.5. The Bertz CT molecular complexity index is 1270. The Morgan fingerprint density at radius 2 is 1.85 bits per heavy atom. The number of aliphatic hydroxyl groups is 2. The second kappa shape index (κ2) is 12.3. The highest BCUT2D eigenvalue weighted by molar-refractivity contribution is 6.58. The quantitative estimate of drug-likeness (QED) is 0.180. The van der Waals surface area contributed by atoms with E-state index in [2.05, 4.69) is 0 Å². The van der Waals surface area contributed by atoms with Crippen LogP contribution in [0, 0.1) is 17.8 Å². The maximum Gasteiger partial charge on any atom is 0.488 e. The maximum absolute atomic E-state index is 13.7. The molecule has 1 saturated heterocycles. The summed E-state index contributed by atoms with van der Waals surface area (Å²) in [7, 11) is -1.74. The van der Waals surface area contributed by atoms with Crippen LogP contribution in [0.15, 0.2) is 65.3 Å². The predicted molar refractivity (Wildman–Crippen MR) is 150 cm³/mol. The Kier molecular flexibility index (Phi) is 9.07. The number of nitrogens with zero attached hydrogens (tertiary/aromatic N) is 1. The molecular weight excluding hydrogens is 497 g/mol. The van der Waals surface area contributed by atoms with Crippen molar-refractivity contribution in [3.63, 3.8) is 0 Å². The van der Waals surface area contributed by atoms with Crippen LogP contribution < -0.4 is 10.4 Å². The number of carbonyl (C=O) groups is 2. The van der Waals surface area contributed by atoms with Crippen molar-refractivity contribution >= 4 is 36.2 Å². The third-order valence-corrected chi connectivity index (χ3v) is 7.84. The number of rotatable bonds is 10. The molecule has 0 aromatic heterocycles. The van der Waals surface area contributed by atoms with E-state index in [1.165, 1.54) is 12.1 Å². The summed E-state index contributed by atoms with van der Waals surface area (Å²) in [5.74, 6) is -2.76. The minimum absolute atomic E-state index is 0.165. The van der Waals surface area contributed by atoms with Gasteiger partial charge < -0.3 is 25.4 Å². The molecule has 4 atom stereocenters. The number of benzene rings is 2. The van der Waals surface area contributed by atoms with Crippen LogP contribution in [-0.2, 0) is 9.59 Å². The van der Waals surface area contributed by atoms with Gasteiger partial charge in [0.15, 0.2) is 0 Å². The van der Waals surface area contributed by atoms with Crippen molar-refractivity contribution in [2.75, 3.05) is 11.5 Å². The van der Waals surface area contributed by atoms with Crippen molar-refractivity contribution in [2.45, 2.75) is 52.1 Å². The van der Waals surface area contributed by atoms with Gasteiger partial charge in [-0.1, -0.05) is 54.8 Å². The zero-order chi connectivity index (χ0) is 28.3. The van der Waals surface area contributed by atoms with E-state index in [0.717, 1.165) is 28.0 Å². The van der Waals surface area contributed by atoms with Crippen LogP contribution in [0.2, 0.25) is 0 Å². The van der Waals surface area contributed by atoms with E-state index in [0.29, 0.717) is 31.3 Å². The summed E-state index contributed by atoms with van der Waals surface area (Å²) >= 11 is 0. The lowest BCUT2D eigenvalue weighted by molar-refractivity contribution is -0.123. The summed E-state index contributed by atoms with van der Waals surface area (Å²) in [5.41, 5.74) is 3.99. The van der Waals surface area contributed by atoms with Gasteiger partial charge in [-0.05, 0) is 73.5 Å². The molecular formula is C30H36BNO7. The number of phenolic OH excluding ortho intramolecular Hbond substituents is 1. The Labute approximate surface area is 229 Å². The van der Waals surface area contributed by atoms with Crippen LogP contribution in [0.5, 0.6) is 5.75 Å². The molecule has 2 aliphatic rings. The monoisotopic (exact) mass is 533 g/mol. The molecule has 2 aromatic rings. The maximum atomic E-state index is 13.7. The molecule has 0 radical (unpaired) electrons. The van der Waals surface area contributed by atoms with Crippen molar-refractivity contribution in [3.05, 3.63) is 70.8 Å². The number of fused-ring (bicyclic) bond motifs is 1. The Balaban J connectivity index is 1.59. The van der Waals surface area contributed by atoms with Gasteiger partial charge in [0.25, 0.3) is 0 Å². The lowest BCUT2D eigenvalue weighted by Crippen LogP contribution is -2.39. The lowest BCUT2D eigenvalue weighted by Gasteiger charge is -2.36. The highest BCUT2D eigenvalue weighted by atomic mass is 16.4. The molecule has 39 heavy (non-hydrogen) atoms. The molecule has 1 heterocycles. The van der Waals surface area contributed by atoms with Crippen molar-refractivity contribution in [3.8, 4) is 5.75 Å². The normalized spacial score (nSPS) is 22.4. The van der Waals surface area contributed by atoms with E-state index in [1.54, 1.807) is 24.3 Å². The molecule has 0 spiro atoms. The minimum Gasteiger partial charge on any atom is -0.508 e. The third-order valence-electron chi connectivity index (χ3n) is 7.84. The van der Waals surface area contributed by atoms with Crippen molar-refractivity contribution in [1.82, 2.24) is 0 Å². The zero-order valence-corrected chi connectivity index (χ0v) is 22.3. The van der Waals surface area contributed by atoms with Gasteiger partial charge in [-0.15, -0.1) is 0 Å². The van der Waals surface area contributed by atoms with Crippen molar-refractivity contribution < 1.29 is 35.0 Å². The summed E-state index contributed by atoms with van der Waals surface area (Å²) in [4.78, 5) is 28.3. The molecule has 2 amide bonds. The molecule has 206 valence electrons. The predicted octanol–water partition coefficient (Wildman–Crippen LogP) is 2.53. The highest BCUT2D eigenvalue weighted by Crippen LogP contribution is 2.48. The molecule has 0 bridgehead atoms. The summed E-state index contributed by atoms with van der Waals surface area (Å²) in [6.45, 7) is 3.61. The number of anilines is 1. The number of allylic oxidation sites excluding steroid dienone is 2. The largest absolute Gasteiger partial charge is 0.508 e. The third kappa shape index (κ3) is 6.02. The van der Waals surface area contributed by atoms with E-state index in [-0.39, 0.29) is 29.4 Å². The van der Waals surface area contributed by atoms with E-state index in [1.807, 2.05) is 32.1 Å². The number of amides is 2. The first-order valence-corrected chi connectivity index (χ1v) is 13.5. The molecule has 8 nitrogen and oxygen atoms in total. The number of hydrogen-bond acceptors (Lipinski definition) is 7.